The molecule has 0 unspecified atom stereocenters. The number of H-pyrrole nitrogens is 1. The molecule has 1 aromatic carbocycles. The van der Waals surface area contributed by atoms with Gasteiger partial charge in [-0.25, -0.2) is 26.7 Å². The van der Waals surface area contributed by atoms with Crippen molar-refractivity contribution in [1.82, 2.24) is 36.4 Å². The lowest BCUT2D eigenvalue weighted by atomic mass is 10.1. The van der Waals surface area contributed by atoms with Gasteiger partial charge in [0.25, 0.3) is 0 Å². The number of nitrogens with zero attached hydrogens (tertiary/aromatic N) is 5. The van der Waals surface area contributed by atoms with Crippen LogP contribution in [-0.2, 0) is 24.8 Å². The van der Waals surface area contributed by atoms with E-state index in [-0.39, 0.29) is 36.3 Å². The maximum atomic E-state index is 13.0. The highest BCUT2D eigenvalue weighted by atomic mass is 32.2. The average molecular weight is 537 g/mol. The van der Waals surface area contributed by atoms with Gasteiger partial charge >= 0.3 is 5.97 Å². The monoisotopic (exact) mass is 536 g/mol. The molecule has 1 aliphatic heterocycles. The number of anilines is 1. The number of nitrogens with one attached hydrogen (secondary N) is 2. The summed E-state index contributed by atoms with van der Waals surface area (Å²) in [5.41, 5.74) is 5.40. The summed E-state index contributed by atoms with van der Waals surface area (Å²) in [4.78, 5) is 13.0. The number of aliphatic carboxylic acids is 1. The van der Waals surface area contributed by atoms with Crippen LogP contribution in [-0.4, -0.2) is 110 Å². The number of nitrogens with two attached hydrogens (primary N) is 2. The number of carboxylic acids is 1. The van der Waals surface area contributed by atoms with E-state index in [1.165, 1.54) is 6.07 Å². The van der Waals surface area contributed by atoms with Crippen LogP contribution in [0.4, 0.5) is 5.69 Å². The van der Waals surface area contributed by atoms with E-state index in [1.807, 2.05) is 0 Å². The zero-order valence-corrected chi connectivity index (χ0v) is 20.2. The van der Waals surface area contributed by atoms with Gasteiger partial charge in [0.15, 0.2) is 0 Å². The summed E-state index contributed by atoms with van der Waals surface area (Å²) in [6, 6.07) is 2.47. The van der Waals surface area contributed by atoms with E-state index in [9.17, 15) is 26.7 Å². The van der Waals surface area contributed by atoms with E-state index in [4.69, 9.17) is 16.0 Å². The summed E-state index contributed by atoms with van der Waals surface area (Å²) in [7, 11) is -9.11. The third-order valence-corrected chi connectivity index (χ3v) is 7.68. The third kappa shape index (κ3) is 6.67. The van der Waals surface area contributed by atoms with Crippen molar-refractivity contribution in [3.8, 4) is 11.4 Å². The summed E-state index contributed by atoms with van der Waals surface area (Å²) in [6.45, 7) is 0.539. The zero-order chi connectivity index (χ0) is 25.1. The Balaban J connectivity index is 0.00000432. The van der Waals surface area contributed by atoms with Gasteiger partial charge in [0, 0.05) is 45.0 Å². The topological polar surface area (TPSA) is 286 Å². The fraction of sp³-hybridized carbons (Fsp3) is 0.500. The van der Waals surface area contributed by atoms with Crippen LogP contribution in [0.25, 0.3) is 11.4 Å². The Morgan fingerprint density at radius 1 is 1.20 bits per heavy atom. The van der Waals surface area contributed by atoms with Crippen LogP contribution in [0.15, 0.2) is 21.9 Å². The van der Waals surface area contributed by atoms with E-state index in [1.54, 1.807) is 9.80 Å². The van der Waals surface area contributed by atoms with Crippen molar-refractivity contribution in [3.63, 3.8) is 0 Å². The molecule has 1 aliphatic rings. The second kappa shape index (κ2) is 11.3. The molecule has 0 radical (unpaired) electrons. The van der Waals surface area contributed by atoms with Gasteiger partial charge in [0.05, 0.1) is 18.2 Å². The predicted octanol–water partition coefficient (Wildman–Crippen LogP) is -3.52. The van der Waals surface area contributed by atoms with E-state index >= 15 is 0 Å². The minimum absolute atomic E-state index is 0. The van der Waals surface area contributed by atoms with Crippen molar-refractivity contribution < 1.29 is 31.8 Å². The van der Waals surface area contributed by atoms with Gasteiger partial charge in [-0.3, -0.25) is 9.69 Å². The first-order valence-corrected chi connectivity index (χ1v) is 13.0. The van der Waals surface area contributed by atoms with Gasteiger partial charge < -0.3 is 27.0 Å². The van der Waals surface area contributed by atoms with E-state index in [0.717, 1.165) is 6.07 Å². The summed E-state index contributed by atoms with van der Waals surface area (Å²) in [5.74, 6) is -1.18. The quantitative estimate of drug-likeness (QED) is 0.155. The normalized spacial score (nSPS) is 16.0. The number of benzene rings is 1. The Morgan fingerprint density at radius 3 is 2.37 bits per heavy atom. The number of carboxylic acid groups (broad SMARTS) is 1. The van der Waals surface area contributed by atoms with Crippen LogP contribution in [0.1, 0.15) is 0 Å². The number of hydrogen-bond donors (Lipinski definition) is 7. The molecule has 1 atom stereocenters. The molecular formula is C16H28N10O7S2. The molecule has 2 heterocycles. The van der Waals surface area contributed by atoms with Crippen LogP contribution < -0.4 is 26.6 Å². The summed E-state index contributed by atoms with van der Waals surface area (Å²) < 4.78 is 53.3. The second-order valence-electron chi connectivity index (χ2n) is 7.47. The standard InChI is InChI=1S/C16H25N9O7S2.H3N/c17-7-10(26)8-19-34(31,32)12-2-1-11(25-5-3-24(4-6-25)9-13(27)28)14(15(12)33(18,29)30)16-20-22-23-21-16;/h1-2,10,19,26H,3-9,17H2,(H,27,28)(H2,18,29,30)(H,20,21,22,23);1H3/t10-;/m1./s1. The number of aromatic nitrogens is 4. The highest BCUT2D eigenvalue weighted by Gasteiger charge is 2.34. The highest BCUT2D eigenvalue weighted by Crippen LogP contribution is 2.38. The van der Waals surface area contributed by atoms with Crippen molar-refractivity contribution in [2.75, 3.05) is 50.7 Å². The number of aromatic amines is 1. The molecular weight excluding hydrogens is 508 g/mol. The van der Waals surface area contributed by atoms with Crippen molar-refractivity contribution in [2.45, 2.75) is 15.9 Å². The molecule has 17 nitrogen and oxygen atoms in total. The molecule has 196 valence electrons. The van der Waals surface area contributed by atoms with Gasteiger partial charge in [-0.05, 0) is 17.3 Å². The molecule has 0 bridgehead atoms. The lowest BCUT2D eigenvalue weighted by Crippen LogP contribution is -2.48. The number of aliphatic hydroxyl groups is 1. The Hall–Kier alpha value is -2.78. The number of rotatable bonds is 10. The Kier molecular flexibility index (Phi) is 9.19. The fourth-order valence-electron chi connectivity index (χ4n) is 3.50. The molecule has 2 aromatic rings. The smallest absolute Gasteiger partial charge is 0.317 e. The molecule has 11 N–H and O–H groups in total. The SMILES string of the molecule is N.NC[C@@H](O)CNS(=O)(=O)c1ccc(N2CCN(CC(=O)O)CC2)c(-c2nn[nH]n2)c1S(N)(=O)=O. The first-order valence-electron chi connectivity index (χ1n) is 9.94. The van der Waals surface area contributed by atoms with Gasteiger partial charge in [-0.1, -0.05) is 0 Å². The Morgan fingerprint density at radius 2 is 1.86 bits per heavy atom. The summed E-state index contributed by atoms with van der Waals surface area (Å²) in [5, 5.41) is 37.4. The first kappa shape index (κ1) is 28.5. The number of carbonyl (C=O) groups is 1. The van der Waals surface area contributed by atoms with Crippen LogP contribution in [0.3, 0.4) is 0 Å². The lowest BCUT2D eigenvalue weighted by molar-refractivity contribution is -0.138. The lowest BCUT2D eigenvalue weighted by Gasteiger charge is -2.36. The first-order chi connectivity index (χ1) is 15.9. The molecule has 1 fully saturated rings. The molecule has 35 heavy (non-hydrogen) atoms. The second-order valence-corrected chi connectivity index (χ2v) is 10.7. The van der Waals surface area contributed by atoms with Gasteiger partial charge in [-0.2, -0.15) is 5.21 Å². The molecule has 0 spiro atoms. The molecule has 19 heteroatoms. The van der Waals surface area contributed by atoms with Crippen LogP contribution >= 0.6 is 0 Å². The number of aliphatic hydroxyl groups excluding tert-OH is 1. The third-order valence-electron chi connectivity index (χ3n) is 5.10. The minimum Gasteiger partial charge on any atom is -0.480 e. The Bertz CT molecular complexity index is 1230. The van der Waals surface area contributed by atoms with E-state index < -0.39 is 48.5 Å². The number of tetrazole rings is 1. The average Bonchev–Trinajstić information content (AvgIpc) is 3.30. The fourth-order valence-corrected chi connectivity index (χ4v) is 6.17. The molecule has 0 aliphatic carbocycles. The predicted molar refractivity (Wildman–Crippen MR) is 123 cm³/mol. The van der Waals surface area contributed by atoms with E-state index in [0.29, 0.717) is 26.2 Å². The number of sulfonamides is 2. The van der Waals surface area contributed by atoms with Crippen LogP contribution in [0, 0.1) is 0 Å². The largest absolute Gasteiger partial charge is 0.480 e. The maximum Gasteiger partial charge on any atom is 0.317 e. The molecule has 0 amide bonds. The number of primary sulfonamides is 1. The van der Waals surface area contributed by atoms with E-state index in [2.05, 4.69) is 25.3 Å². The molecule has 1 aromatic heterocycles. The molecule has 1 saturated heterocycles. The highest BCUT2D eigenvalue weighted by molar-refractivity contribution is 7.92. The van der Waals surface area contributed by atoms with Crippen molar-refractivity contribution in [3.05, 3.63) is 12.1 Å². The maximum absolute atomic E-state index is 13.0. The van der Waals surface area contributed by atoms with Gasteiger partial charge in [-0.15, -0.1) is 10.2 Å². The van der Waals surface area contributed by atoms with Crippen molar-refractivity contribution in [2.24, 2.45) is 10.9 Å². The summed E-state index contributed by atoms with van der Waals surface area (Å²) in [6.07, 6.45) is -1.19. The van der Waals surface area contributed by atoms with Crippen molar-refractivity contribution >= 4 is 31.7 Å². The van der Waals surface area contributed by atoms with Crippen molar-refractivity contribution in [1.29, 1.82) is 0 Å². The Labute approximate surface area is 201 Å². The van der Waals surface area contributed by atoms with Crippen LogP contribution in [0.5, 0.6) is 0 Å². The van der Waals surface area contributed by atoms with Gasteiger partial charge in [0.2, 0.25) is 25.9 Å². The number of hydrogen-bond acceptors (Lipinski definition) is 13. The number of piperazine rings is 1. The molecule has 0 saturated carbocycles. The zero-order valence-electron chi connectivity index (χ0n) is 18.5. The van der Waals surface area contributed by atoms with Gasteiger partial charge in [0.1, 0.15) is 9.79 Å². The summed E-state index contributed by atoms with van der Waals surface area (Å²) >= 11 is 0. The van der Waals surface area contributed by atoms with Crippen LogP contribution in [0.2, 0.25) is 0 Å². The molecule has 3 rings (SSSR count). The minimum atomic E-state index is -4.65.